The van der Waals surface area contributed by atoms with Crippen molar-refractivity contribution in [1.29, 1.82) is 5.26 Å². The molecule has 27 heavy (non-hydrogen) atoms. The van der Waals surface area contributed by atoms with Crippen LogP contribution in [-0.4, -0.2) is 22.5 Å². The van der Waals surface area contributed by atoms with Crippen LogP contribution in [0.15, 0.2) is 47.5 Å². The number of aliphatic imine (C=N–C) groups is 1. The first-order valence-electron chi connectivity index (χ1n) is 9.21. The first-order chi connectivity index (χ1) is 13.1. The zero-order chi connectivity index (χ0) is 19.2. The van der Waals surface area contributed by atoms with Gasteiger partial charge in [0, 0.05) is 12.3 Å². The number of fused-ring (bicyclic) bond motifs is 1. The molecule has 0 saturated carbocycles. The maximum absolute atomic E-state index is 12.9. The Balaban J connectivity index is 1.87. The van der Waals surface area contributed by atoms with Crippen molar-refractivity contribution in [2.24, 2.45) is 4.99 Å². The van der Waals surface area contributed by atoms with Gasteiger partial charge in [-0.3, -0.25) is 9.69 Å². The van der Waals surface area contributed by atoms with Crippen molar-refractivity contribution in [2.75, 3.05) is 6.54 Å². The summed E-state index contributed by atoms with van der Waals surface area (Å²) in [7, 11) is 0. The predicted molar refractivity (Wildman–Crippen MR) is 111 cm³/mol. The van der Waals surface area contributed by atoms with E-state index in [2.05, 4.69) is 13.0 Å². The molecule has 0 atom stereocenters. The Bertz CT molecular complexity index is 897. The van der Waals surface area contributed by atoms with Gasteiger partial charge in [-0.05, 0) is 48.2 Å². The number of aryl methyl sites for hydroxylation is 1. The third-order valence-electron chi connectivity index (χ3n) is 4.52. The zero-order valence-corrected chi connectivity index (χ0v) is 16.6. The van der Waals surface area contributed by atoms with Gasteiger partial charge in [-0.25, -0.2) is 4.99 Å². The molecule has 138 valence electrons. The molecule has 0 aliphatic carbocycles. The number of thioether (sulfide) groups is 1. The van der Waals surface area contributed by atoms with Gasteiger partial charge in [0.2, 0.25) is 5.91 Å². The molecule has 4 nitrogen and oxygen atoms in total. The number of unbranched alkanes of at least 4 members (excludes halogenated alkanes) is 1. The second-order valence-corrected chi connectivity index (χ2v) is 7.64. The van der Waals surface area contributed by atoms with Gasteiger partial charge in [0.1, 0.15) is 0 Å². The van der Waals surface area contributed by atoms with Crippen LogP contribution in [0.5, 0.6) is 0 Å². The minimum absolute atomic E-state index is 0.108. The Hall–Kier alpha value is -2.58. The average Bonchev–Trinajstić information content (AvgIpc) is 2.80. The third-order valence-corrected chi connectivity index (χ3v) is 5.56. The fourth-order valence-electron chi connectivity index (χ4n) is 2.93. The van der Waals surface area contributed by atoms with E-state index in [1.165, 1.54) is 0 Å². The van der Waals surface area contributed by atoms with Crippen LogP contribution in [0.1, 0.15) is 42.0 Å². The lowest BCUT2D eigenvalue weighted by molar-refractivity contribution is -0.126. The van der Waals surface area contributed by atoms with Crippen LogP contribution in [0.25, 0.3) is 0 Å². The highest BCUT2D eigenvalue weighted by atomic mass is 32.2. The molecule has 2 aromatic carbocycles. The van der Waals surface area contributed by atoms with Crippen LogP contribution in [0.4, 0.5) is 5.69 Å². The van der Waals surface area contributed by atoms with Crippen LogP contribution < -0.4 is 0 Å². The normalized spacial score (nSPS) is 13.6. The van der Waals surface area contributed by atoms with Gasteiger partial charge < -0.3 is 0 Å². The summed E-state index contributed by atoms with van der Waals surface area (Å²) in [5.41, 5.74) is 4.78. The number of nitrogens with zero attached hydrogens (tertiary/aromatic N) is 3. The molecule has 0 saturated heterocycles. The van der Waals surface area contributed by atoms with Gasteiger partial charge in [0.15, 0.2) is 5.17 Å². The number of hydrogen-bond donors (Lipinski definition) is 0. The van der Waals surface area contributed by atoms with E-state index < -0.39 is 0 Å². The topological polar surface area (TPSA) is 56.5 Å². The molecule has 0 spiro atoms. The summed E-state index contributed by atoms with van der Waals surface area (Å²) < 4.78 is 0. The van der Waals surface area contributed by atoms with Gasteiger partial charge in [-0.2, -0.15) is 5.26 Å². The van der Waals surface area contributed by atoms with E-state index in [-0.39, 0.29) is 5.91 Å². The molecule has 0 fully saturated rings. The molecule has 0 aromatic heterocycles. The average molecular weight is 378 g/mol. The predicted octanol–water partition coefficient (Wildman–Crippen LogP) is 4.97. The third kappa shape index (κ3) is 4.78. The first-order valence-corrected chi connectivity index (χ1v) is 10.2. The molecule has 3 rings (SSSR count). The van der Waals surface area contributed by atoms with E-state index in [4.69, 9.17) is 10.3 Å². The maximum Gasteiger partial charge on any atom is 0.233 e. The van der Waals surface area contributed by atoms with Gasteiger partial charge in [0.25, 0.3) is 0 Å². The highest BCUT2D eigenvalue weighted by Gasteiger charge is 2.24. The number of nitriles is 1. The Morgan fingerprint density at radius 1 is 1.22 bits per heavy atom. The number of amidine groups is 1. The lowest BCUT2D eigenvalue weighted by Crippen LogP contribution is -2.36. The van der Waals surface area contributed by atoms with E-state index >= 15 is 0 Å². The molecule has 0 unspecified atom stereocenters. The van der Waals surface area contributed by atoms with Crippen LogP contribution in [-0.2, 0) is 17.0 Å². The van der Waals surface area contributed by atoms with Crippen LogP contribution in [0.2, 0.25) is 0 Å². The highest BCUT2D eigenvalue weighted by Crippen LogP contribution is 2.29. The van der Waals surface area contributed by atoms with Crippen molar-refractivity contribution >= 4 is 28.5 Å². The number of carbonyl (C=O) groups is 1. The molecule has 1 heterocycles. The summed E-state index contributed by atoms with van der Waals surface area (Å²) >= 11 is 1.58. The Kier molecular flexibility index (Phi) is 6.31. The van der Waals surface area contributed by atoms with E-state index in [1.807, 2.05) is 54.3 Å². The van der Waals surface area contributed by atoms with Crippen molar-refractivity contribution in [3.8, 4) is 6.07 Å². The summed E-state index contributed by atoms with van der Waals surface area (Å²) in [5.74, 6) is 0.818. The second-order valence-electron chi connectivity index (χ2n) is 6.70. The Morgan fingerprint density at radius 3 is 2.70 bits per heavy atom. The number of rotatable bonds is 5. The van der Waals surface area contributed by atoms with Crippen molar-refractivity contribution in [2.45, 2.75) is 38.9 Å². The fraction of sp³-hybridized carbons (Fsp3) is 0.318. The van der Waals surface area contributed by atoms with E-state index in [0.717, 1.165) is 40.4 Å². The van der Waals surface area contributed by atoms with E-state index in [1.54, 1.807) is 11.8 Å². The molecule has 1 amide bonds. The van der Waals surface area contributed by atoms with E-state index in [0.29, 0.717) is 24.3 Å². The van der Waals surface area contributed by atoms with Crippen LogP contribution >= 0.6 is 11.8 Å². The smallest absolute Gasteiger partial charge is 0.233 e. The van der Waals surface area contributed by atoms with Crippen LogP contribution in [0.3, 0.4) is 0 Å². The SMILES string of the molecule is CCCCN1C(=O)Cc2ccc(C)cc2N=C1SCc1ccc(C#N)cc1. The van der Waals surface area contributed by atoms with Crippen molar-refractivity contribution in [3.05, 3.63) is 64.7 Å². The molecule has 0 radical (unpaired) electrons. The fourth-order valence-corrected chi connectivity index (χ4v) is 3.93. The minimum atomic E-state index is 0.108. The summed E-state index contributed by atoms with van der Waals surface area (Å²) in [6.07, 6.45) is 2.38. The zero-order valence-electron chi connectivity index (χ0n) is 15.7. The molecular weight excluding hydrogens is 354 g/mol. The Morgan fingerprint density at radius 2 is 2.00 bits per heavy atom. The van der Waals surface area contributed by atoms with Gasteiger partial charge in [0.05, 0.1) is 23.7 Å². The van der Waals surface area contributed by atoms with E-state index in [9.17, 15) is 4.79 Å². The molecule has 2 aromatic rings. The molecular formula is C22H23N3OS. The van der Waals surface area contributed by atoms with Crippen molar-refractivity contribution in [3.63, 3.8) is 0 Å². The monoisotopic (exact) mass is 377 g/mol. The summed E-state index contributed by atoms with van der Waals surface area (Å²) in [4.78, 5) is 19.6. The molecule has 0 N–H and O–H groups in total. The van der Waals surface area contributed by atoms with Crippen molar-refractivity contribution < 1.29 is 4.79 Å². The minimum Gasteiger partial charge on any atom is -0.291 e. The van der Waals surface area contributed by atoms with Crippen molar-refractivity contribution in [1.82, 2.24) is 4.90 Å². The number of amides is 1. The standard InChI is InChI=1S/C22H23N3OS/c1-3-4-11-25-21(26)13-19-10-5-16(2)12-20(19)24-22(25)27-15-18-8-6-17(14-23)7-9-18/h5-10,12H,3-4,11,13,15H2,1-2H3. The lowest BCUT2D eigenvalue weighted by atomic mass is 10.1. The number of carbonyl (C=O) groups excluding carboxylic acids is 1. The van der Waals surface area contributed by atoms with Crippen LogP contribution in [0, 0.1) is 18.3 Å². The number of hydrogen-bond acceptors (Lipinski definition) is 4. The summed E-state index contributed by atoms with van der Waals surface area (Å²) in [6.45, 7) is 4.86. The molecule has 1 aliphatic heterocycles. The molecule has 0 bridgehead atoms. The molecule has 5 heteroatoms. The second kappa shape index (κ2) is 8.88. The lowest BCUT2D eigenvalue weighted by Gasteiger charge is -2.22. The molecule has 1 aliphatic rings. The highest BCUT2D eigenvalue weighted by molar-refractivity contribution is 8.13. The number of benzene rings is 2. The maximum atomic E-state index is 12.9. The van der Waals surface area contributed by atoms with Gasteiger partial charge in [-0.15, -0.1) is 0 Å². The quantitative estimate of drug-likeness (QED) is 0.739. The summed E-state index contributed by atoms with van der Waals surface area (Å²) in [5, 5.41) is 9.70. The van der Waals surface area contributed by atoms with Gasteiger partial charge in [-0.1, -0.05) is 49.4 Å². The largest absolute Gasteiger partial charge is 0.291 e. The Labute approximate surface area is 164 Å². The first kappa shape index (κ1) is 19.2. The van der Waals surface area contributed by atoms with Gasteiger partial charge >= 0.3 is 0 Å². The summed E-state index contributed by atoms with van der Waals surface area (Å²) in [6, 6.07) is 15.8.